The van der Waals surface area contributed by atoms with Gasteiger partial charge in [-0.05, 0) is 38.5 Å². The van der Waals surface area contributed by atoms with Gasteiger partial charge >= 0.3 is 0 Å². The second kappa shape index (κ2) is 8.07. The molecule has 2 saturated heterocycles. The number of aliphatic hydroxyl groups is 1. The van der Waals surface area contributed by atoms with Crippen LogP contribution in [0.4, 0.5) is 0 Å². The average Bonchev–Trinajstić information content (AvgIpc) is 2.45. The fraction of sp³-hybridized carbons (Fsp3) is 1.00. The van der Waals surface area contributed by atoms with Crippen molar-refractivity contribution < 1.29 is 24.1 Å². The summed E-state index contributed by atoms with van der Waals surface area (Å²) < 4.78 is 21.8. The van der Waals surface area contributed by atoms with Gasteiger partial charge in [-0.15, -0.1) is 0 Å². The molecule has 5 nitrogen and oxygen atoms in total. The Kier molecular flexibility index (Phi) is 6.37. The minimum Gasteiger partial charge on any atom is -0.388 e. The SMILES string of the molecule is OC(COC1CCCCO1)COC1CCCCO1. The summed E-state index contributed by atoms with van der Waals surface area (Å²) in [7, 11) is 0. The van der Waals surface area contributed by atoms with Crippen molar-refractivity contribution in [1.82, 2.24) is 0 Å². The monoisotopic (exact) mass is 260 g/mol. The first kappa shape index (κ1) is 14.2. The van der Waals surface area contributed by atoms with E-state index in [2.05, 4.69) is 0 Å². The molecule has 2 aliphatic rings. The van der Waals surface area contributed by atoms with Crippen LogP contribution in [0.2, 0.25) is 0 Å². The number of ether oxygens (including phenoxy) is 4. The minimum atomic E-state index is -0.610. The quantitative estimate of drug-likeness (QED) is 0.783. The molecular weight excluding hydrogens is 236 g/mol. The van der Waals surface area contributed by atoms with Crippen LogP contribution in [0.25, 0.3) is 0 Å². The van der Waals surface area contributed by atoms with E-state index in [1.165, 1.54) is 0 Å². The standard InChI is InChI=1S/C13H24O5/c14-11(9-17-12-5-1-3-7-15-12)10-18-13-6-2-4-8-16-13/h11-14H,1-10H2. The molecule has 0 aromatic heterocycles. The molecule has 2 unspecified atom stereocenters. The summed E-state index contributed by atoms with van der Waals surface area (Å²) in [5.74, 6) is 0. The lowest BCUT2D eigenvalue weighted by Gasteiger charge is -2.26. The van der Waals surface area contributed by atoms with E-state index in [0.29, 0.717) is 0 Å². The summed E-state index contributed by atoms with van der Waals surface area (Å²) in [6.07, 6.45) is 5.38. The lowest BCUT2D eigenvalue weighted by atomic mass is 10.2. The van der Waals surface area contributed by atoms with E-state index in [1.54, 1.807) is 0 Å². The maximum atomic E-state index is 9.75. The summed E-state index contributed by atoms with van der Waals surface area (Å²) in [6.45, 7) is 2.04. The largest absolute Gasteiger partial charge is 0.388 e. The lowest BCUT2D eigenvalue weighted by Crippen LogP contribution is -2.32. The summed E-state index contributed by atoms with van der Waals surface area (Å²) in [6, 6.07) is 0. The molecule has 5 heteroatoms. The van der Waals surface area contributed by atoms with Gasteiger partial charge in [0.05, 0.1) is 13.2 Å². The van der Waals surface area contributed by atoms with Gasteiger partial charge in [-0.3, -0.25) is 0 Å². The van der Waals surface area contributed by atoms with E-state index in [-0.39, 0.29) is 25.8 Å². The highest BCUT2D eigenvalue weighted by Crippen LogP contribution is 2.15. The topological polar surface area (TPSA) is 57.2 Å². The molecule has 0 aromatic carbocycles. The second-order valence-corrected chi connectivity index (χ2v) is 4.91. The van der Waals surface area contributed by atoms with Gasteiger partial charge in [-0.2, -0.15) is 0 Å². The van der Waals surface area contributed by atoms with Crippen molar-refractivity contribution in [3.63, 3.8) is 0 Å². The molecule has 106 valence electrons. The highest BCUT2D eigenvalue weighted by molar-refractivity contribution is 4.59. The van der Waals surface area contributed by atoms with Gasteiger partial charge in [0, 0.05) is 13.2 Å². The van der Waals surface area contributed by atoms with E-state index < -0.39 is 6.10 Å². The van der Waals surface area contributed by atoms with Crippen LogP contribution < -0.4 is 0 Å². The average molecular weight is 260 g/mol. The number of aliphatic hydroxyl groups excluding tert-OH is 1. The normalized spacial score (nSPS) is 31.2. The Labute approximate surface area is 108 Å². The van der Waals surface area contributed by atoms with Crippen molar-refractivity contribution in [2.45, 2.75) is 57.2 Å². The van der Waals surface area contributed by atoms with Crippen molar-refractivity contribution >= 4 is 0 Å². The van der Waals surface area contributed by atoms with Crippen LogP contribution in [0, 0.1) is 0 Å². The minimum absolute atomic E-state index is 0.153. The molecule has 0 aromatic rings. The third-order valence-corrected chi connectivity index (χ3v) is 3.22. The number of rotatable bonds is 6. The van der Waals surface area contributed by atoms with Gasteiger partial charge in [0.1, 0.15) is 6.10 Å². The second-order valence-electron chi connectivity index (χ2n) is 4.91. The Bertz CT molecular complexity index is 189. The van der Waals surface area contributed by atoms with Crippen molar-refractivity contribution in [3.8, 4) is 0 Å². The molecule has 0 amide bonds. The highest BCUT2D eigenvalue weighted by Gasteiger charge is 2.18. The van der Waals surface area contributed by atoms with Crippen LogP contribution in [0.5, 0.6) is 0 Å². The van der Waals surface area contributed by atoms with Crippen LogP contribution in [-0.4, -0.2) is 50.2 Å². The smallest absolute Gasteiger partial charge is 0.157 e. The van der Waals surface area contributed by atoms with E-state index in [4.69, 9.17) is 18.9 Å². The summed E-state index contributed by atoms with van der Waals surface area (Å²) in [5, 5.41) is 9.75. The van der Waals surface area contributed by atoms with Crippen molar-refractivity contribution in [3.05, 3.63) is 0 Å². The van der Waals surface area contributed by atoms with Gasteiger partial charge < -0.3 is 24.1 Å². The Hall–Kier alpha value is -0.200. The zero-order valence-corrected chi connectivity index (χ0v) is 10.9. The molecule has 2 rings (SSSR count). The summed E-state index contributed by atoms with van der Waals surface area (Å²) in [4.78, 5) is 0. The maximum absolute atomic E-state index is 9.75. The molecule has 0 aliphatic carbocycles. The Balaban J connectivity index is 1.52. The van der Waals surface area contributed by atoms with E-state index in [1.807, 2.05) is 0 Å². The van der Waals surface area contributed by atoms with Crippen LogP contribution in [0.15, 0.2) is 0 Å². The molecule has 1 N–H and O–H groups in total. The predicted molar refractivity (Wildman–Crippen MR) is 65.1 cm³/mol. The third kappa shape index (κ3) is 5.20. The van der Waals surface area contributed by atoms with Gasteiger partial charge in [0.25, 0.3) is 0 Å². The fourth-order valence-corrected chi connectivity index (χ4v) is 2.17. The van der Waals surface area contributed by atoms with Gasteiger partial charge in [0.15, 0.2) is 12.6 Å². The molecule has 2 aliphatic heterocycles. The van der Waals surface area contributed by atoms with E-state index >= 15 is 0 Å². The molecule has 2 heterocycles. The van der Waals surface area contributed by atoms with E-state index in [9.17, 15) is 5.11 Å². The summed E-state index contributed by atoms with van der Waals surface area (Å²) >= 11 is 0. The number of hydrogen-bond donors (Lipinski definition) is 1. The first-order valence-corrected chi connectivity index (χ1v) is 6.99. The fourth-order valence-electron chi connectivity index (χ4n) is 2.17. The molecule has 0 radical (unpaired) electrons. The molecule has 0 spiro atoms. The zero-order chi connectivity index (χ0) is 12.6. The van der Waals surface area contributed by atoms with E-state index in [0.717, 1.165) is 51.7 Å². The summed E-state index contributed by atoms with van der Waals surface area (Å²) in [5.41, 5.74) is 0. The van der Waals surface area contributed by atoms with Gasteiger partial charge in [0.2, 0.25) is 0 Å². The van der Waals surface area contributed by atoms with Crippen LogP contribution in [0.1, 0.15) is 38.5 Å². The molecule has 0 bridgehead atoms. The molecule has 2 atom stereocenters. The first-order valence-electron chi connectivity index (χ1n) is 6.99. The molecular formula is C13H24O5. The number of hydrogen-bond acceptors (Lipinski definition) is 5. The van der Waals surface area contributed by atoms with Gasteiger partial charge in [-0.1, -0.05) is 0 Å². The highest BCUT2D eigenvalue weighted by atomic mass is 16.7. The Morgan fingerprint density at radius 3 is 1.78 bits per heavy atom. The van der Waals surface area contributed by atoms with Gasteiger partial charge in [-0.25, -0.2) is 0 Å². The van der Waals surface area contributed by atoms with Crippen LogP contribution in [-0.2, 0) is 18.9 Å². The molecule has 0 saturated carbocycles. The third-order valence-electron chi connectivity index (χ3n) is 3.22. The van der Waals surface area contributed by atoms with Crippen LogP contribution >= 0.6 is 0 Å². The van der Waals surface area contributed by atoms with Crippen molar-refractivity contribution in [2.75, 3.05) is 26.4 Å². The predicted octanol–water partition coefficient (Wildman–Crippen LogP) is 1.43. The van der Waals surface area contributed by atoms with Crippen molar-refractivity contribution in [2.24, 2.45) is 0 Å². The maximum Gasteiger partial charge on any atom is 0.157 e. The lowest BCUT2D eigenvalue weighted by molar-refractivity contribution is -0.200. The Morgan fingerprint density at radius 1 is 0.889 bits per heavy atom. The molecule has 2 fully saturated rings. The first-order chi connectivity index (χ1) is 8.84. The zero-order valence-electron chi connectivity index (χ0n) is 10.9. The molecule has 18 heavy (non-hydrogen) atoms. The van der Waals surface area contributed by atoms with Crippen molar-refractivity contribution in [1.29, 1.82) is 0 Å². The Morgan fingerprint density at radius 2 is 1.39 bits per heavy atom. The van der Waals surface area contributed by atoms with Crippen LogP contribution in [0.3, 0.4) is 0 Å².